The van der Waals surface area contributed by atoms with Crippen LogP contribution in [0.1, 0.15) is 56.8 Å². The Morgan fingerprint density at radius 3 is 2.55 bits per heavy atom. The predicted molar refractivity (Wildman–Crippen MR) is 115 cm³/mol. The van der Waals surface area contributed by atoms with Gasteiger partial charge in [0.15, 0.2) is 0 Å². The number of aryl methyl sites for hydroxylation is 1. The van der Waals surface area contributed by atoms with Crippen molar-refractivity contribution in [1.82, 2.24) is 14.5 Å². The Hall–Kier alpha value is -1.72. The molecule has 0 bridgehead atoms. The fourth-order valence-electron chi connectivity index (χ4n) is 4.56. The molecular weight excluding hydrogens is 365 g/mol. The summed E-state index contributed by atoms with van der Waals surface area (Å²) in [6.45, 7) is 4.93. The van der Waals surface area contributed by atoms with E-state index in [1.54, 1.807) is 0 Å². The first-order valence-corrected chi connectivity index (χ1v) is 11.0. The molecule has 0 saturated heterocycles. The molecule has 1 saturated carbocycles. The number of ether oxygens (including phenoxy) is 1. The lowest BCUT2D eigenvalue weighted by Crippen LogP contribution is -2.39. The molecule has 1 heterocycles. The smallest absolute Gasteiger partial charge is 0.140 e. The number of nitrogens with zero attached hydrogens (tertiary/aromatic N) is 3. The third kappa shape index (κ3) is 5.89. The van der Waals surface area contributed by atoms with Gasteiger partial charge in [-0.05, 0) is 63.3 Å². The minimum atomic E-state index is -0.314. The molecule has 0 aliphatic heterocycles. The maximum atomic E-state index is 13.0. The molecule has 29 heavy (non-hydrogen) atoms. The van der Waals surface area contributed by atoms with Gasteiger partial charge in [-0.2, -0.15) is 0 Å². The van der Waals surface area contributed by atoms with E-state index in [1.807, 2.05) is 24.5 Å². The van der Waals surface area contributed by atoms with Gasteiger partial charge >= 0.3 is 0 Å². The van der Waals surface area contributed by atoms with Crippen molar-refractivity contribution in [2.24, 2.45) is 13.0 Å². The summed E-state index contributed by atoms with van der Waals surface area (Å²) in [7, 11) is 4.21. The molecule has 5 heteroatoms. The lowest BCUT2D eigenvalue weighted by atomic mass is 9.77. The first-order valence-electron chi connectivity index (χ1n) is 11.0. The topological polar surface area (TPSA) is 30.3 Å². The van der Waals surface area contributed by atoms with Crippen LogP contribution in [0, 0.1) is 11.7 Å². The quantitative estimate of drug-likeness (QED) is 0.529. The van der Waals surface area contributed by atoms with Crippen molar-refractivity contribution in [1.29, 1.82) is 0 Å². The van der Waals surface area contributed by atoms with E-state index in [-0.39, 0.29) is 11.4 Å². The fourth-order valence-corrected chi connectivity index (χ4v) is 4.56. The summed E-state index contributed by atoms with van der Waals surface area (Å²) in [5.74, 6) is 1.41. The highest BCUT2D eigenvalue weighted by atomic mass is 19.1. The molecule has 1 fully saturated rings. The Morgan fingerprint density at radius 1 is 1.17 bits per heavy atom. The molecule has 0 N–H and O–H groups in total. The third-order valence-corrected chi connectivity index (χ3v) is 6.43. The molecule has 1 aliphatic rings. The van der Waals surface area contributed by atoms with E-state index in [1.165, 1.54) is 49.8 Å². The second-order valence-corrected chi connectivity index (χ2v) is 8.69. The lowest BCUT2D eigenvalue weighted by Gasteiger charge is -2.39. The zero-order valence-corrected chi connectivity index (χ0v) is 18.2. The zero-order valence-electron chi connectivity index (χ0n) is 18.2. The number of imidazole rings is 1. The van der Waals surface area contributed by atoms with Gasteiger partial charge < -0.3 is 14.2 Å². The largest absolute Gasteiger partial charge is 0.367 e. The molecule has 0 radical (unpaired) electrons. The van der Waals surface area contributed by atoms with Gasteiger partial charge in [0.05, 0.1) is 0 Å². The molecule has 1 atom stereocenters. The fraction of sp³-hybridized carbons (Fsp3) is 0.625. The highest BCUT2D eigenvalue weighted by Crippen LogP contribution is 2.41. The van der Waals surface area contributed by atoms with Gasteiger partial charge in [-0.15, -0.1) is 0 Å². The van der Waals surface area contributed by atoms with Crippen LogP contribution >= 0.6 is 0 Å². The molecule has 160 valence electrons. The molecule has 1 aromatic carbocycles. The number of aromatic nitrogens is 2. The van der Waals surface area contributed by atoms with Gasteiger partial charge in [-0.1, -0.05) is 31.4 Å². The zero-order chi connectivity index (χ0) is 20.7. The number of hydrogen-bond donors (Lipinski definition) is 0. The average molecular weight is 402 g/mol. The number of rotatable bonds is 10. The summed E-state index contributed by atoms with van der Waals surface area (Å²) in [4.78, 5) is 6.97. The average Bonchev–Trinajstić information content (AvgIpc) is 3.18. The van der Waals surface area contributed by atoms with E-state index in [0.29, 0.717) is 5.92 Å². The van der Waals surface area contributed by atoms with Crippen LogP contribution in [0.15, 0.2) is 36.7 Å². The van der Waals surface area contributed by atoms with Crippen LogP contribution < -0.4 is 0 Å². The van der Waals surface area contributed by atoms with Crippen molar-refractivity contribution in [2.45, 2.75) is 57.5 Å². The molecule has 0 amide bonds. The minimum Gasteiger partial charge on any atom is -0.367 e. The van der Waals surface area contributed by atoms with E-state index in [0.717, 1.165) is 38.4 Å². The standard InChI is InChI=1S/C24H36FN3O/c1-24(21-8-5-4-6-9-21,23-26-15-18-28(23)3)29-19-7-16-27(2)17-14-20-10-12-22(25)13-11-20/h10-13,15,18,21H,4-9,14,16-17,19H2,1-3H3. The van der Waals surface area contributed by atoms with E-state index < -0.39 is 0 Å². The Kier molecular flexibility index (Phi) is 7.84. The molecule has 1 aliphatic carbocycles. The van der Waals surface area contributed by atoms with E-state index in [9.17, 15) is 4.39 Å². The predicted octanol–water partition coefficient (Wildman–Crippen LogP) is 4.94. The van der Waals surface area contributed by atoms with Crippen molar-refractivity contribution in [3.8, 4) is 0 Å². The van der Waals surface area contributed by atoms with Gasteiger partial charge in [-0.3, -0.25) is 0 Å². The first-order chi connectivity index (χ1) is 14.0. The molecule has 3 rings (SSSR count). The van der Waals surface area contributed by atoms with Crippen LogP contribution in [0.5, 0.6) is 0 Å². The molecule has 2 aromatic rings. The van der Waals surface area contributed by atoms with Crippen molar-refractivity contribution < 1.29 is 9.13 Å². The maximum absolute atomic E-state index is 13.0. The summed E-state index contributed by atoms with van der Waals surface area (Å²) >= 11 is 0. The second kappa shape index (κ2) is 10.4. The SMILES string of the molecule is CN(CCCOC(C)(c1nccn1C)C1CCCCC1)CCc1ccc(F)cc1. The summed E-state index contributed by atoms with van der Waals surface area (Å²) in [5.41, 5.74) is 0.861. The van der Waals surface area contributed by atoms with Gasteiger partial charge in [0.25, 0.3) is 0 Å². The van der Waals surface area contributed by atoms with E-state index in [4.69, 9.17) is 4.74 Å². The van der Waals surface area contributed by atoms with Crippen LogP contribution in [-0.2, 0) is 23.8 Å². The molecule has 1 unspecified atom stereocenters. The van der Waals surface area contributed by atoms with Gasteiger partial charge in [0.2, 0.25) is 0 Å². The Labute approximate surface area is 175 Å². The lowest BCUT2D eigenvalue weighted by molar-refractivity contribution is -0.0988. The van der Waals surface area contributed by atoms with Crippen molar-refractivity contribution >= 4 is 0 Å². The minimum absolute atomic E-state index is 0.173. The van der Waals surface area contributed by atoms with Gasteiger partial charge in [0.1, 0.15) is 17.2 Å². The van der Waals surface area contributed by atoms with E-state index in [2.05, 4.69) is 35.5 Å². The first kappa shape index (κ1) is 22.0. The molecular formula is C24H36FN3O. The summed E-state index contributed by atoms with van der Waals surface area (Å²) < 4.78 is 21.7. The van der Waals surface area contributed by atoms with E-state index >= 15 is 0 Å². The monoisotopic (exact) mass is 401 g/mol. The number of hydrogen-bond acceptors (Lipinski definition) is 3. The Balaban J connectivity index is 1.48. The van der Waals surface area contributed by atoms with Crippen LogP contribution in [0.25, 0.3) is 0 Å². The maximum Gasteiger partial charge on any atom is 0.140 e. The third-order valence-electron chi connectivity index (χ3n) is 6.43. The number of likely N-dealkylation sites (N-methyl/N-ethyl adjacent to an activating group) is 1. The summed E-state index contributed by atoms with van der Waals surface area (Å²) in [6, 6.07) is 6.81. The second-order valence-electron chi connectivity index (χ2n) is 8.69. The van der Waals surface area contributed by atoms with Crippen LogP contribution in [0.3, 0.4) is 0 Å². The van der Waals surface area contributed by atoms with Crippen LogP contribution in [0.4, 0.5) is 4.39 Å². The summed E-state index contributed by atoms with van der Waals surface area (Å²) in [6.07, 6.45) is 12.2. The van der Waals surface area contributed by atoms with Crippen LogP contribution in [-0.4, -0.2) is 41.2 Å². The normalized spacial score (nSPS) is 17.6. The molecule has 0 spiro atoms. The highest BCUT2D eigenvalue weighted by molar-refractivity contribution is 5.16. The van der Waals surface area contributed by atoms with Crippen LogP contribution in [0.2, 0.25) is 0 Å². The number of halogens is 1. The van der Waals surface area contributed by atoms with Crippen molar-refractivity contribution in [2.75, 3.05) is 26.7 Å². The Bertz CT molecular complexity index is 739. The highest BCUT2D eigenvalue weighted by Gasteiger charge is 2.40. The summed E-state index contributed by atoms with van der Waals surface area (Å²) in [5, 5.41) is 0. The van der Waals surface area contributed by atoms with Crippen molar-refractivity contribution in [3.63, 3.8) is 0 Å². The van der Waals surface area contributed by atoms with Crippen molar-refractivity contribution in [3.05, 3.63) is 53.9 Å². The molecule has 1 aromatic heterocycles. The Morgan fingerprint density at radius 2 is 1.90 bits per heavy atom. The number of benzene rings is 1. The molecule has 4 nitrogen and oxygen atoms in total. The van der Waals surface area contributed by atoms with Gasteiger partial charge in [0, 0.05) is 39.1 Å². The van der Waals surface area contributed by atoms with Gasteiger partial charge in [-0.25, -0.2) is 9.37 Å².